The number of carbonyl (C=O) groups excluding carboxylic acids is 1. The highest BCUT2D eigenvalue weighted by atomic mass is 19.1. The Balaban J connectivity index is 1.61. The maximum Gasteiger partial charge on any atom is 0.254 e. The highest BCUT2D eigenvalue weighted by molar-refractivity contribution is 5.94. The number of primary amides is 1. The number of nitrogens with zero attached hydrogens (tertiary/aromatic N) is 2. The highest BCUT2D eigenvalue weighted by Gasteiger charge is 2.20. The Morgan fingerprint density at radius 3 is 2.47 bits per heavy atom. The fraction of sp³-hybridized carbons (Fsp3) is 0.0435. The van der Waals surface area contributed by atoms with Gasteiger partial charge in [-0.1, -0.05) is 36.4 Å². The average Bonchev–Trinajstić information content (AvgIpc) is 3.18. The van der Waals surface area contributed by atoms with Crippen molar-refractivity contribution < 1.29 is 18.3 Å². The van der Waals surface area contributed by atoms with E-state index in [1.54, 1.807) is 16.9 Å². The van der Waals surface area contributed by atoms with Gasteiger partial charge in [0, 0.05) is 17.3 Å². The van der Waals surface area contributed by atoms with Gasteiger partial charge in [-0.05, 0) is 36.4 Å². The van der Waals surface area contributed by atoms with Crippen molar-refractivity contribution in [1.29, 1.82) is 0 Å². The van der Waals surface area contributed by atoms with E-state index in [0.29, 0.717) is 18.0 Å². The summed E-state index contributed by atoms with van der Waals surface area (Å²) in [6, 6.07) is 20.7. The monoisotopic (exact) mass is 405 g/mol. The molecule has 0 bridgehead atoms. The Morgan fingerprint density at radius 2 is 1.70 bits per heavy atom. The van der Waals surface area contributed by atoms with Crippen LogP contribution in [0.5, 0.6) is 11.5 Å². The van der Waals surface area contributed by atoms with E-state index in [2.05, 4.69) is 5.10 Å². The van der Waals surface area contributed by atoms with Crippen LogP contribution in [0, 0.1) is 11.6 Å². The number of carbonyl (C=O) groups is 1. The molecule has 0 aliphatic carbocycles. The van der Waals surface area contributed by atoms with Crippen LogP contribution in [-0.4, -0.2) is 15.7 Å². The topological polar surface area (TPSA) is 70.1 Å². The predicted octanol–water partition coefficient (Wildman–Crippen LogP) is 4.77. The Hall–Kier alpha value is -4.00. The van der Waals surface area contributed by atoms with E-state index in [9.17, 15) is 13.6 Å². The molecule has 4 rings (SSSR count). The summed E-state index contributed by atoms with van der Waals surface area (Å²) in [6.45, 7) is 0.370. The van der Waals surface area contributed by atoms with Crippen LogP contribution in [0.2, 0.25) is 0 Å². The summed E-state index contributed by atoms with van der Waals surface area (Å²) < 4.78 is 35.9. The maximum atomic E-state index is 14.6. The smallest absolute Gasteiger partial charge is 0.254 e. The fourth-order valence-electron chi connectivity index (χ4n) is 3.09. The quantitative estimate of drug-likeness (QED) is 0.502. The second-order valence-corrected chi connectivity index (χ2v) is 6.57. The molecular formula is C23H17F2N3O2. The molecule has 0 atom stereocenters. The molecule has 3 aromatic carbocycles. The van der Waals surface area contributed by atoms with E-state index < -0.39 is 23.1 Å². The van der Waals surface area contributed by atoms with Gasteiger partial charge in [0.25, 0.3) is 5.91 Å². The Kier molecular flexibility index (Phi) is 5.26. The number of ether oxygens (including phenoxy) is 1. The number of amides is 1. The van der Waals surface area contributed by atoms with E-state index in [4.69, 9.17) is 10.5 Å². The largest absolute Gasteiger partial charge is 0.457 e. The van der Waals surface area contributed by atoms with Gasteiger partial charge in [0.1, 0.15) is 28.7 Å². The van der Waals surface area contributed by atoms with Crippen LogP contribution in [0.15, 0.2) is 79.0 Å². The number of para-hydroxylation sites is 2. The molecule has 150 valence electrons. The Morgan fingerprint density at radius 1 is 0.967 bits per heavy atom. The molecule has 0 aliphatic rings. The van der Waals surface area contributed by atoms with Crippen molar-refractivity contribution in [1.82, 2.24) is 9.78 Å². The van der Waals surface area contributed by atoms with Crippen LogP contribution in [0.25, 0.3) is 11.3 Å². The first-order chi connectivity index (χ1) is 14.5. The third kappa shape index (κ3) is 3.91. The SMILES string of the molecule is NC(=O)c1c(F)ccc(-c2ccn(Cc3ccccc3Oc3ccccc3)n2)c1F. The molecule has 0 unspecified atom stereocenters. The van der Waals surface area contributed by atoms with Gasteiger partial charge in [-0.25, -0.2) is 8.78 Å². The standard InChI is InChI=1S/C23H17F2N3O2/c24-18-11-10-17(22(25)21(18)23(26)29)19-12-13-28(27-19)14-15-6-4-5-9-20(15)30-16-7-2-1-3-8-16/h1-13H,14H2,(H2,26,29). The van der Waals surface area contributed by atoms with E-state index in [1.165, 1.54) is 6.07 Å². The van der Waals surface area contributed by atoms with Gasteiger partial charge in [0.2, 0.25) is 0 Å². The number of halogens is 2. The molecule has 0 aliphatic heterocycles. The van der Waals surface area contributed by atoms with Crippen molar-refractivity contribution in [2.75, 3.05) is 0 Å². The summed E-state index contributed by atoms with van der Waals surface area (Å²) >= 11 is 0. The summed E-state index contributed by atoms with van der Waals surface area (Å²) in [5.41, 5.74) is 5.44. The third-order valence-corrected chi connectivity index (χ3v) is 4.53. The lowest BCUT2D eigenvalue weighted by Crippen LogP contribution is -2.16. The zero-order valence-electron chi connectivity index (χ0n) is 15.8. The first-order valence-corrected chi connectivity index (χ1v) is 9.15. The van der Waals surface area contributed by atoms with Crippen molar-refractivity contribution in [3.63, 3.8) is 0 Å². The van der Waals surface area contributed by atoms with Crippen molar-refractivity contribution in [2.24, 2.45) is 5.73 Å². The average molecular weight is 405 g/mol. The van der Waals surface area contributed by atoms with Crippen molar-refractivity contribution >= 4 is 5.91 Å². The van der Waals surface area contributed by atoms with Gasteiger partial charge in [-0.2, -0.15) is 5.10 Å². The molecule has 1 heterocycles. The lowest BCUT2D eigenvalue weighted by atomic mass is 10.1. The minimum atomic E-state index is -1.17. The highest BCUT2D eigenvalue weighted by Crippen LogP contribution is 2.28. The predicted molar refractivity (Wildman–Crippen MR) is 108 cm³/mol. The van der Waals surface area contributed by atoms with Crippen molar-refractivity contribution in [2.45, 2.75) is 6.54 Å². The van der Waals surface area contributed by atoms with Gasteiger partial charge in [0.15, 0.2) is 0 Å². The fourth-order valence-corrected chi connectivity index (χ4v) is 3.09. The zero-order chi connectivity index (χ0) is 21.1. The van der Waals surface area contributed by atoms with Crippen LogP contribution in [0.4, 0.5) is 8.78 Å². The van der Waals surface area contributed by atoms with Crippen LogP contribution in [0.1, 0.15) is 15.9 Å². The second-order valence-electron chi connectivity index (χ2n) is 6.57. The second kappa shape index (κ2) is 8.16. The molecule has 7 heteroatoms. The summed E-state index contributed by atoms with van der Waals surface area (Å²) in [5, 5.41) is 4.36. The molecule has 0 saturated heterocycles. The zero-order valence-corrected chi connectivity index (χ0v) is 15.8. The molecule has 2 N–H and O–H groups in total. The molecule has 0 spiro atoms. The van der Waals surface area contributed by atoms with E-state index in [-0.39, 0.29) is 11.3 Å². The Labute approximate surface area is 171 Å². The molecular weight excluding hydrogens is 388 g/mol. The molecule has 1 aromatic heterocycles. The summed E-state index contributed by atoms with van der Waals surface area (Å²) in [6.07, 6.45) is 1.67. The molecule has 5 nitrogen and oxygen atoms in total. The number of benzene rings is 3. The van der Waals surface area contributed by atoms with E-state index >= 15 is 0 Å². The molecule has 0 radical (unpaired) electrons. The van der Waals surface area contributed by atoms with Crippen LogP contribution < -0.4 is 10.5 Å². The van der Waals surface area contributed by atoms with Gasteiger partial charge in [-0.15, -0.1) is 0 Å². The minimum Gasteiger partial charge on any atom is -0.457 e. The minimum absolute atomic E-state index is 0.00206. The molecule has 0 fully saturated rings. The summed E-state index contributed by atoms with van der Waals surface area (Å²) in [7, 11) is 0. The normalized spacial score (nSPS) is 10.7. The van der Waals surface area contributed by atoms with Gasteiger partial charge in [0.05, 0.1) is 12.2 Å². The Bertz CT molecular complexity index is 1210. The first-order valence-electron chi connectivity index (χ1n) is 9.15. The maximum absolute atomic E-state index is 14.6. The lowest BCUT2D eigenvalue weighted by Gasteiger charge is -2.11. The van der Waals surface area contributed by atoms with Crippen molar-refractivity contribution in [3.05, 3.63) is 102 Å². The van der Waals surface area contributed by atoms with E-state index in [1.807, 2.05) is 54.6 Å². The van der Waals surface area contributed by atoms with Crippen LogP contribution in [0.3, 0.4) is 0 Å². The summed E-state index contributed by atoms with van der Waals surface area (Å²) in [5.74, 6) is -1.82. The summed E-state index contributed by atoms with van der Waals surface area (Å²) in [4.78, 5) is 11.4. The third-order valence-electron chi connectivity index (χ3n) is 4.53. The van der Waals surface area contributed by atoms with Crippen molar-refractivity contribution in [3.8, 4) is 22.8 Å². The van der Waals surface area contributed by atoms with Gasteiger partial charge >= 0.3 is 0 Å². The molecule has 1 amide bonds. The van der Waals surface area contributed by atoms with E-state index in [0.717, 1.165) is 11.6 Å². The molecule has 0 saturated carbocycles. The number of nitrogens with two attached hydrogens (primary N) is 1. The number of aromatic nitrogens is 2. The number of rotatable bonds is 6. The molecule has 30 heavy (non-hydrogen) atoms. The van der Waals surface area contributed by atoms with Gasteiger partial charge < -0.3 is 10.5 Å². The van der Waals surface area contributed by atoms with Crippen LogP contribution >= 0.6 is 0 Å². The van der Waals surface area contributed by atoms with Crippen LogP contribution in [-0.2, 0) is 6.54 Å². The lowest BCUT2D eigenvalue weighted by molar-refractivity contribution is 0.0992. The van der Waals surface area contributed by atoms with Gasteiger partial charge in [-0.3, -0.25) is 9.48 Å². The molecule has 4 aromatic rings. The number of hydrogen-bond donors (Lipinski definition) is 1. The first kappa shape index (κ1) is 19.3. The number of hydrogen-bond acceptors (Lipinski definition) is 3.